The highest BCUT2D eigenvalue weighted by Crippen LogP contribution is 2.23. The van der Waals surface area contributed by atoms with Gasteiger partial charge in [0.1, 0.15) is 5.52 Å². The van der Waals surface area contributed by atoms with Crippen molar-refractivity contribution in [1.29, 1.82) is 0 Å². The van der Waals surface area contributed by atoms with Gasteiger partial charge in [-0.2, -0.15) is 0 Å². The number of hydrogen-bond donors (Lipinski definition) is 1. The minimum atomic E-state index is 0.810. The van der Waals surface area contributed by atoms with Crippen molar-refractivity contribution in [2.75, 3.05) is 5.43 Å². The van der Waals surface area contributed by atoms with Gasteiger partial charge in [-0.1, -0.05) is 48.5 Å². The van der Waals surface area contributed by atoms with Crippen LogP contribution in [0.15, 0.2) is 79.0 Å². The normalized spacial score (nSPS) is 10.7. The highest BCUT2D eigenvalue weighted by atomic mass is 15.5. The molecule has 0 amide bonds. The SMILES string of the molecule is c1ccc(Nn2c(-c3ccccc3)nc3cccnc32)cc1. The summed E-state index contributed by atoms with van der Waals surface area (Å²) in [6, 6.07) is 24.0. The molecule has 0 unspecified atom stereocenters. The first-order valence-electron chi connectivity index (χ1n) is 7.13. The van der Waals surface area contributed by atoms with Gasteiger partial charge in [0.15, 0.2) is 11.5 Å². The Morgan fingerprint density at radius 1 is 0.773 bits per heavy atom. The van der Waals surface area contributed by atoms with Crippen LogP contribution in [-0.4, -0.2) is 14.6 Å². The first kappa shape index (κ1) is 12.6. The number of nitrogens with one attached hydrogen (secondary N) is 1. The molecule has 0 bridgehead atoms. The summed E-state index contributed by atoms with van der Waals surface area (Å²) in [5, 5.41) is 0. The van der Waals surface area contributed by atoms with E-state index in [1.807, 2.05) is 77.5 Å². The number of hydrogen-bond acceptors (Lipinski definition) is 3. The lowest BCUT2D eigenvalue weighted by Crippen LogP contribution is -2.11. The number of pyridine rings is 1. The van der Waals surface area contributed by atoms with Crippen LogP contribution in [0.1, 0.15) is 0 Å². The fourth-order valence-electron chi connectivity index (χ4n) is 2.44. The molecule has 2 aromatic heterocycles. The zero-order valence-electron chi connectivity index (χ0n) is 11.8. The Bertz CT molecular complexity index is 898. The van der Waals surface area contributed by atoms with Crippen LogP contribution in [0.25, 0.3) is 22.6 Å². The van der Waals surface area contributed by atoms with E-state index in [9.17, 15) is 0 Å². The summed E-state index contributed by atoms with van der Waals surface area (Å²) in [5.41, 5.74) is 7.10. The van der Waals surface area contributed by atoms with E-state index in [1.165, 1.54) is 0 Å². The van der Waals surface area contributed by atoms with E-state index in [1.54, 1.807) is 6.20 Å². The van der Waals surface area contributed by atoms with E-state index in [0.29, 0.717) is 0 Å². The Morgan fingerprint density at radius 2 is 1.50 bits per heavy atom. The molecule has 2 heterocycles. The number of anilines is 1. The van der Waals surface area contributed by atoms with Crippen LogP contribution >= 0.6 is 0 Å². The Balaban J connectivity index is 1.91. The molecule has 22 heavy (non-hydrogen) atoms. The highest BCUT2D eigenvalue weighted by Gasteiger charge is 2.13. The summed E-state index contributed by atoms with van der Waals surface area (Å²) in [6.45, 7) is 0. The fourth-order valence-corrected chi connectivity index (χ4v) is 2.44. The lowest BCUT2D eigenvalue weighted by atomic mass is 10.2. The number of imidazole rings is 1. The van der Waals surface area contributed by atoms with Crippen LogP contribution in [0, 0.1) is 0 Å². The van der Waals surface area contributed by atoms with Crippen LogP contribution in [-0.2, 0) is 0 Å². The summed E-state index contributed by atoms with van der Waals surface area (Å²) in [7, 11) is 0. The third kappa shape index (κ3) is 2.20. The van der Waals surface area contributed by atoms with Crippen molar-refractivity contribution < 1.29 is 0 Å². The molecule has 4 heteroatoms. The van der Waals surface area contributed by atoms with Crippen molar-refractivity contribution in [3.63, 3.8) is 0 Å². The van der Waals surface area contributed by atoms with Crippen molar-refractivity contribution in [2.24, 2.45) is 0 Å². The molecule has 106 valence electrons. The molecule has 0 fully saturated rings. The number of benzene rings is 2. The van der Waals surface area contributed by atoms with Crippen LogP contribution < -0.4 is 5.43 Å². The molecule has 0 atom stereocenters. The summed E-state index contributed by atoms with van der Waals surface area (Å²) in [5.74, 6) is 0.846. The summed E-state index contributed by atoms with van der Waals surface area (Å²) >= 11 is 0. The van der Waals surface area contributed by atoms with Gasteiger partial charge in [0.2, 0.25) is 0 Å². The molecule has 0 saturated carbocycles. The van der Waals surface area contributed by atoms with E-state index in [0.717, 1.165) is 28.2 Å². The molecule has 0 spiro atoms. The maximum Gasteiger partial charge on any atom is 0.179 e. The second-order valence-electron chi connectivity index (χ2n) is 4.96. The summed E-state index contributed by atoms with van der Waals surface area (Å²) < 4.78 is 1.93. The predicted octanol–water partition coefficient (Wildman–Crippen LogP) is 3.97. The largest absolute Gasteiger partial charge is 0.291 e. The molecular weight excluding hydrogens is 272 g/mol. The van der Waals surface area contributed by atoms with Crippen LogP contribution in [0.4, 0.5) is 5.69 Å². The fraction of sp³-hybridized carbons (Fsp3) is 0. The molecule has 0 saturated heterocycles. The molecule has 2 aromatic carbocycles. The van der Waals surface area contributed by atoms with Crippen molar-refractivity contribution in [2.45, 2.75) is 0 Å². The number of fused-ring (bicyclic) bond motifs is 1. The maximum atomic E-state index is 4.72. The Hall–Kier alpha value is -3.14. The van der Waals surface area contributed by atoms with Gasteiger partial charge in [0.05, 0.1) is 5.69 Å². The van der Waals surface area contributed by atoms with E-state index in [-0.39, 0.29) is 0 Å². The lowest BCUT2D eigenvalue weighted by Gasteiger charge is -2.11. The van der Waals surface area contributed by atoms with E-state index >= 15 is 0 Å². The van der Waals surface area contributed by atoms with Gasteiger partial charge in [-0.25, -0.2) is 14.6 Å². The molecule has 0 radical (unpaired) electrons. The van der Waals surface area contributed by atoms with E-state index in [2.05, 4.69) is 10.4 Å². The lowest BCUT2D eigenvalue weighted by molar-refractivity contribution is 0.981. The third-order valence-electron chi connectivity index (χ3n) is 3.46. The average molecular weight is 286 g/mol. The molecular formula is C18H14N4. The second-order valence-corrected chi connectivity index (χ2v) is 4.96. The topological polar surface area (TPSA) is 42.7 Å². The third-order valence-corrected chi connectivity index (χ3v) is 3.46. The minimum Gasteiger partial charge on any atom is -0.291 e. The summed E-state index contributed by atoms with van der Waals surface area (Å²) in [4.78, 5) is 9.18. The van der Waals surface area contributed by atoms with Gasteiger partial charge < -0.3 is 0 Å². The first-order valence-corrected chi connectivity index (χ1v) is 7.13. The average Bonchev–Trinajstić information content (AvgIpc) is 2.95. The predicted molar refractivity (Wildman–Crippen MR) is 88.4 cm³/mol. The first-order chi connectivity index (χ1) is 10.9. The smallest absolute Gasteiger partial charge is 0.179 e. The molecule has 4 aromatic rings. The zero-order chi connectivity index (χ0) is 14.8. The molecule has 1 N–H and O–H groups in total. The number of para-hydroxylation sites is 1. The number of nitrogens with zero attached hydrogens (tertiary/aromatic N) is 3. The maximum absolute atomic E-state index is 4.72. The van der Waals surface area contributed by atoms with Gasteiger partial charge in [0, 0.05) is 11.8 Å². The summed E-state index contributed by atoms with van der Waals surface area (Å²) in [6.07, 6.45) is 1.78. The quantitative estimate of drug-likeness (QED) is 0.619. The van der Waals surface area contributed by atoms with Crippen LogP contribution in [0.2, 0.25) is 0 Å². The molecule has 0 aliphatic carbocycles. The van der Waals surface area contributed by atoms with Gasteiger partial charge >= 0.3 is 0 Å². The molecule has 4 rings (SSSR count). The van der Waals surface area contributed by atoms with Crippen molar-refractivity contribution in [3.05, 3.63) is 79.0 Å². The van der Waals surface area contributed by atoms with Gasteiger partial charge in [-0.05, 0) is 24.3 Å². The van der Waals surface area contributed by atoms with Crippen LogP contribution in [0.5, 0.6) is 0 Å². The molecule has 0 aliphatic heterocycles. The Morgan fingerprint density at radius 3 is 2.27 bits per heavy atom. The van der Waals surface area contributed by atoms with Crippen molar-refractivity contribution in [3.8, 4) is 11.4 Å². The minimum absolute atomic E-state index is 0.810. The number of aromatic nitrogens is 3. The van der Waals surface area contributed by atoms with Crippen LogP contribution in [0.3, 0.4) is 0 Å². The van der Waals surface area contributed by atoms with Crippen molar-refractivity contribution >= 4 is 16.9 Å². The second kappa shape index (κ2) is 5.33. The zero-order valence-corrected chi connectivity index (χ0v) is 11.8. The highest BCUT2D eigenvalue weighted by molar-refractivity contribution is 5.78. The van der Waals surface area contributed by atoms with Gasteiger partial charge in [-0.15, -0.1) is 0 Å². The standard InChI is InChI=1S/C18H14N4/c1-3-8-14(9-4-1)17-20-16-12-7-13-19-18(16)22(17)21-15-10-5-2-6-11-15/h1-13,21H. The van der Waals surface area contributed by atoms with Crippen molar-refractivity contribution in [1.82, 2.24) is 14.6 Å². The van der Waals surface area contributed by atoms with E-state index < -0.39 is 0 Å². The monoisotopic (exact) mass is 286 g/mol. The van der Waals surface area contributed by atoms with Gasteiger partial charge in [-0.3, -0.25) is 5.43 Å². The Labute approximate surface area is 128 Å². The van der Waals surface area contributed by atoms with E-state index in [4.69, 9.17) is 4.98 Å². The molecule has 4 nitrogen and oxygen atoms in total. The van der Waals surface area contributed by atoms with Gasteiger partial charge in [0.25, 0.3) is 0 Å². The molecule has 0 aliphatic rings. The number of rotatable bonds is 3. The Kier molecular flexibility index (Phi) is 3.05.